The molecule has 2 saturated carbocycles. The molecule has 2 aliphatic carbocycles. The van der Waals surface area contributed by atoms with Crippen molar-refractivity contribution in [2.45, 2.75) is 84.3 Å². The first-order valence-corrected chi connectivity index (χ1v) is 11.9. The molecule has 0 amide bonds. The molecule has 8 nitrogen and oxygen atoms in total. The average Bonchev–Trinajstić information content (AvgIpc) is 3.30. The number of hydrogen-bond donors (Lipinski definition) is 0. The van der Waals surface area contributed by atoms with E-state index in [1.165, 1.54) is 0 Å². The van der Waals surface area contributed by atoms with Crippen LogP contribution in [0.25, 0.3) is 0 Å². The second-order valence-electron chi connectivity index (χ2n) is 9.52. The Bertz CT molecular complexity index is 629. The maximum Gasteiger partial charge on any atom is 0.376 e. The molecule has 10 heteroatoms. The molecule has 1 aliphatic heterocycles. The van der Waals surface area contributed by atoms with E-state index < -0.39 is 29.2 Å². The highest BCUT2D eigenvalue weighted by Gasteiger charge is 2.61. The molecule has 3 rings (SSSR count). The number of alkyl halides is 2. The van der Waals surface area contributed by atoms with Crippen molar-refractivity contribution in [2.24, 2.45) is 17.3 Å². The van der Waals surface area contributed by atoms with E-state index in [2.05, 4.69) is 0 Å². The third kappa shape index (κ3) is 6.41. The summed E-state index contributed by atoms with van der Waals surface area (Å²) in [7, 11) is 0. The minimum absolute atomic E-state index is 0.0182. The molecule has 0 aromatic heterocycles. The number of fused-ring (bicyclic) bond motifs is 3. The van der Waals surface area contributed by atoms with Gasteiger partial charge in [0.2, 0.25) is 0 Å². The Kier molecular flexibility index (Phi) is 8.72. The lowest BCUT2D eigenvalue weighted by molar-refractivity contribution is -0.343. The van der Waals surface area contributed by atoms with Gasteiger partial charge in [0.15, 0.2) is 18.4 Å². The second-order valence-corrected chi connectivity index (χ2v) is 9.52. The molecule has 3 fully saturated rings. The fraction of sp³-hybridized carbons (Fsp3) is 0.957. The lowest BCUT2D eigenvalue weighted by atomic mass is 9.86. The van der Waals surface area contributed by atoms with Crippen LogP contribution < -0.4 is 0 Å². The third-order valence-corrected chi connectivity index (χ3v) is 6.71. The fourth-order valence-corrected chi connectivity index (χ4v) is 4.93. The molecule has 5 unspecified atom stereocenters. The van der Waals surface area contributed by atoms with E-state index in [0.717, 1.165) is 6.42 Å². The van der Waals surface area contributed by atoms with Crippen LogP contribution in [0.2, 0.25) is 0 Å². The van der Waals surface area contributed by atoms with Crippen LogP contribution in [0, 0.1) is 17.3 Å². The van der Waals surface area contributed by atoms with Gasteiger partial charge in [-0.25, -0.2) is 4.79 Å². The summed E-state index contributed by atoms with van der Waals surface area (Å²) >= 11 is 0. The van der Waals surface area contributed by atoms with Gasteiger partial charge in [-0.3, -0.25) is 0 Å². The van der Waals surface area contributed by atoms with E-state index in [9.17, 15) is 13.6 Å². The van der Waals surface area contributed by atoms with Crippen LogP contribution in [0.1, 0.15) is 53.9 Å². The number of hydrogen-bond acceptors (Lipinski definition) is 8. The predicted octanol–water partition coefficient (Wildman–Crippen LogP) is 3.51. The van der Waals surface area contributed by atoms with Crippen LogP contribution in [-0.4, -0.2) is 76.0 Å². The van der Waals surface area contributed by atoms with Crippen molar-refractivity contribution >= 4 is 5.97 Å². The number of carbonyl (C=O) groups is 1. The summed E-state index contributed by atoms with van der Waals surface area (Å²) in [5, 5.41) is 0. The molecule has 5 atom stereocenters. The Balaban J connectivity index is 1.59. The van der Waals surface area contributed by atoms with Crippen molar-refractivity contribution in [1.82, 2.24) is 0 Å². The third-order valence-electron chi connectivity index (χ3n) is 6.71. The normalized spacial score (nSPS) is 35.7. The Morgan fingerprint density at radius 3 is 1.97 bits per heavy atom. The van der Waals surface area contributed by atoms with Gasteiger partial charge >= 0.3 is 11.9 Å². The number of ether oxygens (including phenoxy) is 7. The summed E-state index contributed by atoms with van der Waals surface area (Å²) in [5.41, 5.74) is -0.542. The molecule has 192 valence electrons. The van der Waals surface area contributed by atoms with Gasteiger partial charge in [-0.05, 0) is 40.5 Å². The predicted molar refractivity (Wildman–Crippen MR) is 112 cm³/mol. The van der Waals surface area contributed by atoms with Gasteiger partial charge in [-0.2, -0.15) is 8.78 Å². The highest BCUT2D eigenvalue weighted by molar-refractivity contribution is 5.77. The van der Waals surface area contributed by atoms with Crippen molar-refractivity contribution in [2.75, 3.05) is 39.6 Å². The Labute approximate surface area is 194 Å². The van der Waals surface area contributed by atoms with Crippen LogP contribution in [-0.2, 0) is 38.0 Å². The molecular formula is C23H38F2O8. The molecule has 2 bridgehead atoms. The van der Waals surface area contributed by atoms with E-state index in [-0.39, 0.29) is 24.4 Å². The summed E-state index contributed by atoms with van der Waals surface area (Å²) in [6.45, 7) is 10.5. The molecule has 0 N–H and O–H groups in total. The van der Waals surface area contributed by atoms with Crippen LogP contribution in [0.15, 0.2) is 0 Å². The maximum absolute atomic E-state index is 13.2. The van der Waals surface area contributed by atoms with E-state index >= 15 is 0 Å². The fourth-order valence-electron chi connectivity index (χ4n) is 4.93. The highest BCUT2D eigenvalue weighted by atomic mass is 19.3. The van der Waals surface area contributed by atoms with Crippen molar-refractivity contribution < 1.29 is 46.7 Å². The monoisotopic (exact) mass is 480 g/mol. The van der Waals surface area contributed by atoms with Gasteiger partial charge in [0.1, 0.15) is 6.10 Å². The van der Waals surface area contributed by atoms with E-state index in [4.69, 9.17) is 33.2 Å². The lowest BCUT2D eigenvalue weighted by Crippen LogP contribution is -2.57. The molecule has 33 heavy (non-hydrogen) atoms. The van der Waals surface area contributed by atoms with Gasteiger partial charge in [0.05, 0.1) is 31.8 Å². The van der Waals surface area contributed by atoms with Crippen LogP contribution in [0.5, 0.6) is 0 Å². The summed E-state index contributed by atoms with van der Waals surface area (Å²) in [5.74, 6) is -5.83. The van der Waals surface area contributed by atoms with Crippen molar-refractivity contribution in [3.8, 4) is 0 Å². The largest absolute Gasteiger partial charge is 0.458 e. The van der Waals surface area contributed by atoms with E-state index in [1.54, 1.807) is 0 Å². The molecule has 0 radical (unpaired) electrons. The Morgan fingerprint density at radius 2 is 1.55 bits per heavy atom. The molecule has 3 aliphatic rings. The van der Waals surface area contributed by atoms with Gasteiger partial charge in [0, 0.05) is 38.4 Å². The molecular weight excluding hydrogens is 442 g/mol. The SMILES string of the molecule is CCOC(C)OCC1(COC(C)OCC)COC2(CC3CC2CC3OC(=O)C(C)(F)F)OC1. The van der Waals surface area contributed by atoms with Gasteiger partial charge < -0.3 is 33.2 Å². The zero-order chi connectivity index (χ0) is 24.3. The number of carbonyl (C=O) groups excluding carboxylic acids is 1. The topological polar surface area (TPSA) is 81.7 Å². The Hall–Kier alpha value is -0.910. The Morgan fingerprint density at radius 1 is 1.00 bits per heavy atom. The first-order valence-electron chi connectivity index (χ1n) is 11.9. The van der Waals surface area contributed by atoms with Crippen LogP contribution in [0.3, 0.4) is 0 Å². The molecule has 1 spiro atoms. The van der Waals surface area contributed by atoms with E-state index in [0.29, 0.717) is 59.4 Å². The smallest absolute Gasteiger partial charge is 0.376 e. The summed E-state index contributed by atoms with van der Waals surface area (Å²) in [6, 6.07) is 0. The molecule has 1 saturated heterocycles. The molecule has 0 aromatic rings. The van der Waals surface area contributed by atoms with E-state index in [1.807, 2.05) is 27.7 Å². The number of halogens is 2. The minimum atomic E-state index is -3.49. The standard InChI is InChI=1S/C23H38F2O8/c1-6-27-15(3)29-11-22(12-30-16(4)28-7-2)13-31-23(32-14-22)10-17-8-18(23)9-19(17)33-20(26)21(5,24)25/h15-19H,6-14H2,1-5H3. The lowest BCUT2D eigenvalue weighted by Gasteiger charge is -2.48. The van der Waals surface area contributed by atoms with Gasteiger partial charge in [-0.15, -0.1) is 0 Å². The zero-order valence-electron chi connectivity index (χ0n) is 20.3. The van der Waals surface area contributed by atoms with Crippen molar-refractivity contribution in [3.05, 3.63) is 0 Å². The zero-order valence-corrected chi connectivity index (χ0v) is 20.3. The first kappa shape index (κ1) is 26.7. The second kappa shape index (κ2) is 10.8. The highest BCUT2D eigenvalue weighted by Crippen LogP contribution is 2.56. The summed E-state index contributed by atoms with van der Waals surface area (Å²) in [6.07, 6.45) is 0.408. The number of rotatable bonds is 12. The summed E-state index contributed by atoms with van der Waals surface area (Å²) < 4.78 is 67.0. The minimum Gasteiger partial charge on any atom is -0.458 e. The van der Waals surface area contributed by atoms with Crippen molar-refractivity contribution in [3.63, 3.8) is 0 Å². The first-order chi connectivity index (χ1) is 15.5. The quantitative estimate of drug-likeness (QED) is 0.310. The maximum atomic E-state index is 13.2. The number of esters is 1. The van der Waals surface area contributed by atoms with Crippen LogP contribution in [0.4, 0.5) is 8.78 Å². The van der Waals surface area contributed by atoms with Crippen molar-refractivity contribution in [1.29, 1.82) is 0 Å². The average molecular weight is 481 g/mol. The van der Waals surface area contributed by atoms with Gasteiger partial charge in [-0.1, -0.05) is 0 Å². The summed E-state index contributed by atoms with van der Waals surface area (Å²) in [4.78, 5) is 11.6. The van der Waals surface area contributed by atoms with Crippen LogP contribution >= 0.6 is 0 Å². The molecule has 1 heterocycles. The molecule has 0 aromatic carbocycles. The van der Waals surface area contributed by atoms with Gasteiger partial charge in [0.25, 0.3) is 0 Å².